The van der Waals surface area contributed by atoms with Crippen LogP contribution in [0.5, 0.6) is 11.8 Å². The largest absolute Gasteiger partial charge is 0.497 e. The highest BCUT2D eigenvalue weighted by molar-refractivity contribution is 5.80. The van der Waals surface area contributed by atoms with E-state index in [1.807, 2.05) is 42.5 Å². The molecule has 2 aromatic heterocycles. The van der Waals surface area contributed by atoms with Gasteiger partial charge in [0.25, 0.3) is 0 Å². The average Bonchev–Trinajstić information content (AvgIpc) is 2.85. The number of nitrogens with zero attached hydrogens (tertiary/aromatic N) is 6. The van der Waals surface area contributed by atoms with Crippen LogP contribution in [0.4, 0.5) is 5.95 Å². The first-order valence-electron chi connectivity index (χ1n) is 10.5. The SMILES string of the molecule is COc1cccc(C=NCc2nc(OCCc3ccccn3)nc(N3CCOCC3)n2)c1. The molecule has 0 spiro atoms. The second-order valence-corrected chi connectivity index (χ2v) is 7.10. The number of hydrogen-bond donors (Lipinski definition) is 0. The van der Waals surface area contributed by atoms with Gasteiger partial charge in [0.15, 0.2) is 5.82 Å². The Morgan fingerprint density at radius 3 is 2.81 bits per heavy atom. The molecule has 0 saturated carbocycles. The first-order chi connectivity index (χ1) is 15.8. The molecule has 0 amide bonds. The van der Waals surface area contributed by atoms with Crippen molar-refractivity contribution in [2.45, 2.75) is 13.0 Å². The van der Waals surface area contributed by atoms with E-state index in [0.29, 0.717) is 50.6 Å². The molecule has 1 aliphatic rings. The molecule has 3 heterocycles. The molecule has 1 aromatic carbocycles. The van der Waals surface area contributed by atoms with Crippen molar-refractivity contribution in [3.63, 3.8) is 0 Å². The number of pyridine rings is 1. The monoisotopic (exact) mass is 434 g/mol. The van der Waals surface area contributed by atoms with E-state index in [0.717, 1.165) is 30.1 Å². The fourth-order valence-electron chi connectivity index (χ4n) is 3.17. The summed E-state index contributed by atoms with van der Waals surface area (Å²) in [4.78, 5) is 24.5. The summed E-state index contributed by atoms with van der Waals surface area (Å²) >= 11 is 0. The fourth-order valence-corrected chi connectivity index (χ4v) is 3.17. The number of anilines is 1. The van der Waals surface area contributed by atoms with Crippen LogP contribution in [0.25, 0.3) is 0 Å². The lowest BCUT2D eigenvalue weighted by molar-refractivity contribution is 0.122. The van der Waals surface area contributed by atoms with Gasteiger partial charge in [-0.05, 0) is 29.8 Å². The summed E-state index contributed by atoms with van der Waals surface area (Å²) in [6.45, 7) is 3.48. The van der Waals surface area contributed by atoms with Gasteiger partial charge in [0.2, 0.25) is 5.95 Å². The minimum atomic E-state index is 0.295. The zero-order valence-electron chi connectivity index (χ0n) is 18.1. The molecule has 1 saturated heterocycles. The van der Waals surface area contributed by atoms with E-state index in [-0.39, 0.29) is 0 Å². The van der Waals surface area contributed by atoms with Gasteiger partial charge in [-0.3, -0.25) is 9.98 Å². The Morgan fingerprint density at radius 1 is 1.09 bits per heavy atom. The van der Waals surface area contributed by atoms with Gasteiger partial charge >= 0.3 is 6.01 Å². The molecule has 9 heteroatoms. The van der Waals surface area contributed by atoms with E-state index in [1.54, 1.807) is 19.5 Å². The second kappa shape index (κ2) is 11.1. The topological polar surface area (TPSA) is 94.9 Å². The van der Waals surface area contributed by atoms with E-state index >= 15 is 0 Å². The summed E-state index contributed by atoms with van der Waals surface area (Å²) in [5, 5.41) is 0. The first kappa shape index (κ1) is 21.6. The van der Waals surface area contributed by atoms with Gasteiger partial charge in [0.05, 0.1) is 33.5 Å². The Hall–Kier alpha value is -3.59. The molecule has 0 bridgehead atoms. The van der Waals surface area contributed by atoms with Crippen molar-refractivity contribution in [2.75, 3.05) is 44.9 Å². The number of ether oxygens (including phenoxy) is 3. The van der Waals surface area contributed by atoms with Gasteiger partial charge in [0.1, 0.15) is 5.75 Å². The normalized spacial score (nSPS) is 14.0. The molecule has 0 atom stereocenters. The summed E-state index contributed by atoms with van der Waals surface area (Å²) in [5.41, 5.74) is 1.90. The molecule has 166 valence electrons. The van der Waals surface area contributed by atoms with Crippen LogP contribution >= 0.6 is 0 Å². The van der Waals surface area contributed by atoms with Crippen molar-refractivity contribution in [1.82, 2.24) is 19.9 Å². The summed E-state index contributed by atoms with van der Waals surface area (Å²) in [6.07, 6.45) is 4.22. The van der Waals surface area contributed by atoms with Crippen molar-refractivity contribution < 1.29 is 14.2 Å². The lowest BCUT2D eigenvalue weighted by Crippen LogP contribution is -2.37. The van der Waals surface area contributed by atoms with Crippen LogP contribution in [-0.4, -0.2) is 66.2 Å². The summed E-state index contributed by atoms with van der Waals surface area (Å²) < 4.78 is 16.5. The minimum absolute atomic E-state index is 0.295. The van der Waals surface area contributed by atoms with Crippen LogP contribution in [0.1, 0.15) is 17.1 Å². The van der Waals surface area contributed by atoms with Crippen LogP contribution in [0.3, 0.4) is 0 Å². The molecule has 3 aromatic rings. The van der Waals surface area contributed by atoms with Crippen LogP contribution in [0.2, 0.25) is 0 Å². The Bertz CT molecular complexity index is 1030. The third kappa shape index (κ3) is 6.21. The number of hydrogen-bond acceptors (Lipinski definition) is 9. The number of rotatable bonds is 9. The Labute approximate surface area is 187 Å². The third-order valence-electron chi connectivity index (χ3n) is 4.83. The van der Waals surface area contributed by atoms with E-state index in [2.05, 4.69) is 29.8 Å². The molecular weight excluding hydrogens is 408 g/mol. The van der Waals surface area contributed by atoms with Gasteiger partial charge < -0.3 is 19.1 Å². The predicted molar refractivity (Wildman–Crippen MR) is 121 cm³/mol. The van der Waals surface area contributed by atoms with Crippen LogP contribution < -0.4 is 14.4 Å². The van der Waals surface area contributed by atoms with Crippen molar-refractivity contribution in [3.05, 3.63) is 65.7 Å². The molecule has 32 heavy (non-hydrogen) atoms. The molecule has 1 aliphatic heterocycles. The quantitative estimate of drug-likeness (QED) is 0.474. The van der Waals surface area contributed by atoms with E-state index in [1.165, 1.54) is 0 Å². The maximum absolute atomic E-state index is 5.85. The van der Waals surface area contributed by atoms with Crippen LogP contribution in [0, 0.1) is 0 Å². The van der Waals surface area contributed by atoms with Gasteiger partial charge in [-0.1, -0.05) is 18.2 Å². The zero-order valence-corrected chi connectivity index (χ0v) is 18.1. The highest BCUT2D eigenvalue weighted by Crippen LogP contribution is 2.15. The van der Waals surface area contributed by atoms with Gasteiger partial charge in [-0.25, -0.2) is 0 Å². The van der Waals surface area contributed by atoms with Gasteiger partial charge in [0, 0.05) is 37.6 Å². The highest BCUT2D eigenvalue weighted by atomic mass is 16.5. The molecule has 9 nitrogen and oxygen atoms in total. The smallest absolute Gasteiger partial charge is 0.321 e. The number of morpholine rings is 1. The maximum atomic E-state index is 5.85. The summed E-state index contributed by atoms with van der Waals surface area (Å²) in [6, 6.07) is 13.8. The molecule has 1 fully saturated rings. The maximum Gasteiger partial charge on any atom is 0.321 e. The predicted octanol–water partition coefficient (Wildman–Crippen LogP) is 2.35. The number of methoxy groups -OCH3 is 1. The Morgan fingerprint density at radius 2 is 2.00 bits per heavy atom. The average molecular weight is 435 g/mol. The molecule has 0 unspecified atom stereocenters. The van der Waals surface area contributed by atoms with E-state index < -0.39 is 0 Å². The summed E-state index contributed by atoms with van der Waals surface area (Å²) in [5.74, 6) is 1.92. The van der Waals surface area contributed by atoms with Crippen molar-refractivity contribution in [1.29, 1.82) is 0 Å². The Kier molecular flexibility index (Phi) is 7.54. The van der Waals surface area contributed by atoms with Crippen molar-refractivity contribution in [2.24, 2.45) is 4.99 Å². The minimum Gasteiger partial charge on any atom is -0.497 e. The molecule has 4 rings (SSSR count). The zero-order chi connectivity index (χ0) is 22.0. The fraction of sp³-hybridized carbons (Fsp3) is 0.348. The van der Waals surface area contributed by atoms with Crippen LogP contribution in [0.15, 0.2) is 53.7 Å². The first-order valence-corrected chi connectivity index (χ1v) is 10.5. The van der Waals surface area contributed by atoms with Crippen LogP contribution in [-0.2, 0) is 17.7 Å². The molecule has 0 aliphatic carbocycles. The van der Waals surface area contributed by atoms with Crippen molar-refractivity contribution in [3.8, 4) is 11.8 Å². The number of aromatic nitrogens is 4. The van der Waals surface area contributed by atoms with Gasteiger partial charge in [-0.15, -0.1) is 0 Å². The lowest BCUT2D eigenvalue weighted by atomic mass is 10.2. The molecule has 0 radical (unpaired) electrons. The number of aliphatic imine (C=N–C) groups is 1. The standard InChI is InChI=1S/C23H26N6O3/c1-30-20-7-4-5-18(15-20)16-24-17-21-26-22(29-10-13-31-14-11-29)28-23(27-21)32-12-8-19-6-2-3-9-25-19/h2-7,9,15-16H,8,10-14,17H2,1H3. The van der Waals surface area contributed by atoms with Crippen molar-refractivity contribution >= 4 is 12.2 Å². The van der Waals surface area contributed by atoms with Gasteiger partial charge in [-0.2, -0.15) is 15.0 Å². The molecular formula is C23H26N6O3. The van der Waals surface area contributed by atoms with E-state index in [9.17, 15) is 0 Å². The number of benzene rings is 1. The second-order valence-electron chi connectivity index (χ2n) is 7.10. The van der Waals surface area contributed by atoms with E-state index in [4.69, 9.17) is 14.2 Å². The third-order valence-corrected chi connectivity index (χ3v) is 4.83. The summed E-state index contributed by atoms with van der Waals surface area (Å²) in [7, 11) is 1.64. The molecule has 0 N–H and O–H groups in total. The lowest BCUT2D eigenvalue weighted by Gasteiger charge is -2.26. The Balaban J connectivity index is 1.46. The highest BCUT2D eigenvalue weighted by Gasteiger charge is 2.17.